The summed E-state index contributed by atoms with van der Waals surface area (Å²) in [7, 11) is 1.62. The Morgan fingerprint density at radius 2 is 1.94 bits per heavy atom. The molecule has 0 atom stereocenters. The number of carbonyl (C=O) groups is 2. The molecular formula is C23H25N3O3S2. The lowest BCUT2D eigenvalue weighted by Gasteiger charge is -2.32. The van der Waals surface area contributed by atoms with Gasteiger partial charge in [0.2, 0.25) is 11.8 Å². The predicted molar refractivity (Wildman–Crippen MR) is 124 cm³/mol. The van der Waals surface area contributed by atoms with E-state index in [1.807, 2.05) is 52.1 Å². The van der Waals surface area contributed by atoms with Crippen molar-refractivity contribution in [2.24, 2.45) is 0 Å². The number of carbonyl (C=O) groups excluding carboxylic acids is 2. The molecule has 3 aromatic rings. The maximum atomic E-state index is 12.7. The fraction of sp³-hybridized carbons (Fsp3) is 0.348. The van der Waals surface area contributed by atoms with Crippen LogP contribution < -0.4 is 10.1 Å². The van der Waals surface area contributed by atoms with E-state index < -0.39 is 0 Å². The maximum absolute atomic E-state index is 12.7. The zero-order valence-corrected chi connectivity index (χ0v) is 19.0. The van der Waals surface area contributed by atoms with Crippen molar-refractivity contribution >= 4 is 34.5 Å². The van der Waals surface area contributed by atoms with E-state index in [2.05, 4.69) is 10.3 Å². The fourth-order valence-corrected chi connectivity index (χ4v) is 5.38. The normalized spacial score (nSPS) is 14.4. The summed E-state index contributed by atoms with van der Waals surface area (Å²) >= 11 is 3.22. The van der Waals surface area contributed by atoms with Crippen molar-refractivity contribution in [2.45, 2.75) is 31.7 Å². The Bertz CT molecular complexity index is 1020. The molecule has 0 spiro atoms. The number of nitrogens with one attached hydrogen (secondary N) is 1. The minimum atomic E-state index is -0.0122. The van der Waals surface area contributed by atoms with Gasteiger partial charge in [-0.1, -0.05) is 24.3 Å². The molecule has 162 valence electrons. The van der Waals surface area contributed by atoms with E-state index in [4.69, 9.17) is 4.74 Å². The van der Waals surface area contributed by atoms with E-state index >= 15 is 0 Å². The molecule has 2 aromatic heterocycles. The molecule has 1 aliphatic heterocycles. The highest BCUT2D eigenvalue weighted by Gasteiger charge is 2.24. The van der Waals surface area contributed by atoms with Gasteiger partial charge in [0.25, 0.3) is 0 Å². The summed E-state index contributed by atoms with van der Waals surface area (Å²) in [6, 6.07) is 11.7. The molecule has 2 amide bonds. The van der Waals surface area contributed by atoms with Gasteiger partial charge in [0, 0.05) is 30.1 Å². The van der Waals surface area contributed by atoms with Crippen LogP contribution in [0.25, 0.3) is 9.88 Å². The average molecular weight is 456 g/mol. The molecule has 4 rings (SSSR count). The Labute approximate surface area is 189 Å². The van der Waals surface area contributed by atoms with Gasteiger partial charge in [-0.15, -0.1) is 22.7 Å². The Balaban J connectivity index is 1.23. The Kier molecular flexibility index (Phi) is 6.99. The molecule has 6 nitrogen and oxygen atoms in total. The smallest absolute Gasteiger partial charge is 0.227 e. The van der Waals surface area contributed by atoms with Crippen LogP contribution in [0.15, 0.2) is 47.2 Å². The van der Waals surface area contributed by atoms with Crippen LogP contribution in [0.3, 0.4) is 0 Å². The molecule has 3 heterocycles. The molecule has 8 heteroatoms. The zero-order chi connectivity index (χ0) is 21.6. The summed E-state index contributed by atoms with van der Waals surface area (Å²) in [6.45, 7) is 1.30. The summed E-state index contributed by atoms with van der Waals surface area (Å²) in [5.41, 5.74) is 1.70. The molecule has 1 aliphatic rings. The predicted octanol–water partition coefficient (Wildman–Crippen LogP) is 3.77. The number of para-hydroxylation sites is 1. The second kappa shape index (κ2) is 10.1. The Morgan fingerprint density at radius 1 is 1.13 bits per heavy atom. The Morgan fingerprint density at radius 3 is 2.68 bits per heavy atom. The van der Waals surface area contributed by atoms with E-state index in [1.54, 1.807) is 29.8 Å². The number of benzene rings is 1. The van der Waals surface area contributed by atoms with E-state index in [0.29, 0.717) is 19.5 Å². The summed E-state index contributed by atoms with van der Waals surface area (Å²) < 4.78 is 5.34. The topological polar surface area (TPSA) is 71.5 Å². The van der Waals surface area contributed by atoms with Crippen molar-refractivity contribution in [3.05, 3.63) is 58.4 Å². The van der Waals surface area contributed by atoms with Crippen molar-refractivity contribution in [2.75, 3.05) is 20.2 Å². The maximum Gasteiger partial charge on any atom is 0.227 e. The van der Waals surface area contributed by atoms with Crippen LogP contribution in [-0.2, 0) is 22.4 Å². The SMILES string of the molecule is COc1ccccc1CC(=O)N1CCC(NC(=O)Cc2csc(-c3cccs3)n2)CC1. The van der Waals surface area contributed by atoms with Crippen LogP contribution in [0, 0.1) is 0 Å². The van der Waals surface area contributed by atoms with Gasteiger partial charge in [-0.3, -0.25) is 9.59 Å². The van der Waals surface area contributed by atoms with Crippen LogP contribution >= 0.6 is 22.7 Å². The van der Waals surface area contributed by atoms with Crippen molar-refractivity contribution in [1.82, 2.24) is 15.2 Å². The molecule has 0 aliphatic carbocycles. The van der Waals surface area contributed by atoms with Gasteiger partial charge in [0.1, 0.15) is 10.8 Å². The number of hydrogen-bond acceptors (Lipinski definition) is 6. The number of hydrogen-bond donors (Lipinski definition) is 1. The molecule has 0 saturated carbocycles. The number of methoxy groups -OCH3 is 1. The Hall–Kier alpha value is -2.71. The average Bonchev–Trinajstić information content (AvgIpc) is 3.46. The summed E-state index contributed by atoms with van der Waals surface area (Å²) in [6.07, 6.45) is 2.15. The first-order valence-corrected chi connectivity index (χ1v) is 12.1. The number of thiazole rings is 1. The highest BCUT2D eigenvalue weighted by molar-refractivity contribution is 7.20. The standard InChI is InChI=1S/C23H25N3O3S2/c1-29-19-6-3-2-5-16(19)13-22(28)26-10-8-17(9-11-26)24-21(27)14-18-15-31-23(25-18)20-7-4-12-30-20/h2-7,12,15,17H,8-11,13-14H2,1H3,(H,24,27). The third-order valence-corrected chi connectivity index (χ3v) is 7.30. The van der Waals surface area contributed by atoms with Gasteiger partial charge in [0.15, 0.2) is 0 Å². The third-order valence-electron chi connectivity index (χ3n) is 5.37. The molecule has 0 radical (unpaired) electrons. The number of nitrogens with zero attached hydrogens (tertiary/aromatic N) is 2. The van der Waals surface area contributed by atoms with Gasteiger partial charge in [-0.25, -0.2) is 4.98 Å². The van der Waals surface area contributed by atoms with Gasteiger partial charge in [-0.05, 0) is 30.4 Å². The quantitative estimate of drug-likeness (QED) is 0.589. The minimum Gasteiger partial charge on any atom is -0.496 e. The number of thiophene rings is 1. The zero-order valence-electron chi connectivity index (χ0n) is 17.4. The second-order valence-electron chi connectivity index (χ2n) is 7.51. The van der Waals surface area contributed by atoms with Crippen molar-refractivity contribution in [1.29, 1.82) is 0 Å². The minimum absolute atomic E-state index is 0.0122. The lowest BCUT2D eigenvalue weighted by Crippen LogP contribution is -2.47. The summed E-state index contributed by atoms with van der Waals surface area (Å²) in [5.74, 6) is 0.821. The monoisotopic (exact) mass is 455 g/mol. The van der Waals surface area contributed by atoms with Gasteiger partial charge >= 0.3 is 0 Å². The molecule has 1 fully saturated rings. The third kappa shape index (κ3) is 5.51. The van der Waals surface area contributed by atoms with Crippen molar-refractivity contribution < 1.29 is 14.3 Å². The number of likely N-dealkylation sites (tertiary alicyclic amines) is 1. The van der Waals surface area contributed by atoms with Crippen LogP contribution in [0.1, 0.15) is 24.1 Å². The molecular weight excluding hydrogens is 430 g/mol. The van der Waals surface area contributed by atoms with E-state index in [1.165, 1.54) is 0 Å². The van der Waals surface area contributed by atoms with Crippen LogP contribution in [0.4, 0.5) is 0 Å². The number of piperidine rings is 1. The molecule has 1 aromatic carbocycles. The van der Waals surface area contributed by atoms with Crippen molar-refractivity contribution in [3.63, 3.8) is 0 Å². The molecule has 31 heavy (non-hydrogen) atoms. The number of aromatic nitrogens is 1. The second-order valence-corrected chi connectivity index (χ2v) is 9.32. The molecule has 0 bridgehead atoms. The van der Waals surface area contributed by atoms with Crippen LogP contribution in [0.5, 0.6) is 5.75 Å². The van der Waals surface area contributed by atoms with E-state index in [-0.39, 0.29) is 24.3 Å². The van der Waals surface area contributed by atoms with Crippen LogP contribution in [-0.4, -0.2) is 47.9 Å². The molecule has 1 saturated heterocycles. The van der Waals surface area contributed by atoms with Crippen LogP contribution in [0.2, 0.25) is 0 Å². The fourth-order valence-electron chi connectivity index (χ4n) is 3.74. The lowest BCUT2D eigenvalue weighted by atomic mass is 10.0. The summed E-state index contributed by atoms with van der Waals surface area (Å²) in [4.78, 5) is 32.7. The van der Waals surface area contributed by atoms with Gasteiger partial charge < -0.3 is 15.0 Å². The number of rotatable bonds is 7. The first kappa shape index (κ1) is 21.5. The number of ether oxygens (including phenoxy) is 1. The van der Waals surface area contributed by atoms with Gasteiger partial charge in [-0.2, -0.15) is 0 Å². The highest BCUT2D eigenvalue weighted by atomic mass is 32.1. The van der Waals surface area contributed by atoms with E-state index in [9.17, 15) is 9.59 Å². The molecule has 1 N–H and O–H groups in total. The number of amides is 2. The largest absolute Gasteiger partial charge is 0.496 e. The summed E-state index contributed by atoms with van der Waals surface area (Å²) in [5, 5.41) is 8.04. The lowest BCUT2D eigenvalue weighted by molar-refractivity contribution is -0.131. The highest BCUT2D eigenvalue weighted by Crippen LogP contribution is 2.28. The first-order valence-electron chi connectivity index (χ1n) is 10.3. The first-order chi connectivity index (χ1) is 15.1. The molecule has 0 unspecified atom stereocenters. The van der Waals surface area contributed by atoms with Gasteiger partial charge in [0.05, 0.1) is 30.5 Å². The van der Waals surface area contributed by atoms with Crippen molar-refractivity contribution in [3.8, 4) is 15.6 Å². The van der Waals surface area contributed by atoms with E-state index in [0.717, 1.165) is 39.7 Å².